The van der Waals surface area contributed by atoms with Crippen molar-refractivity contribution in [1.82, 2.24) is 5.32 Å². The summed E-state index contributed by atoms with van der Waals surface area (Å²) in [6, 6.07) is 6.35. The zero-order valence-electron chi connectivity index (χ0n) is 9.25. The van der Waals surface area contributed by atoms with Gasteiger partial charge in [-0.3, -0.25) is 0 Å². The van der Waals surface area contributed by atoms with Crippen molar-refractivity contribution in [2.45, 2.75) is 11.8 Å². The molecule has 0 unspecified atom stereocenters. The molecule has 0 atom stereocenters. The summed E-state index contributed by atoms with van der Waals surface area (Å²) < 4.78 is 5.35. The van der Waals surface area contributed by atoms with E-state index in [0.29, 0.717) is 0 Å². The van der Waals surface area contributed by atoms with E-state index >= 15 is 0 Å². The van der Waals surface area contributed by atoms with Crippen LogP contribution in [-0.2, 0) is 0 Å². The molecule has 1 N–H and O–H groups in total. The Morgan fingerprint density at radius 3 is 2.87 bits per heavy atom. The fourth-order valence-corrected chi connectivity index (χ4v) is 2.78. The highest BCUT2D eigenvalue weighted by Crippen LogP contribution is 2.31. The minimum Gasteiger partial charge on any atom is -0.496 e. The van der Waals surface area contributed by atoms with Crippen LogP contribution in [0.15, 0.2) is 23.1 Å². The lowest BCUT2D eigenvalue weighted by atomic mass is 10.1. The second kappa shape index (κ2) is 4.90. The normalized spacial score (nSPS) is 16.1. The summed E-state index contributed by atoms with van der Waals surface area (Å²) in [5.41, 5.74) is 1.30. The standard InChI is InChI=1S/C12H17NOS/c1-9-3-4-11(14-2)12(5-9)15-8-10-6-13-7-10/h3-5,10,13H,6-8H2,1-2H3. The van der Waals surface area contributed by atoms with E-state index in [4.69, 9.17) is 4.74 Å². The molecule has 0 amide bonds. The van der Waals surface area contributed by atoms with E-state index in [0.717, 1.165) is 11.7 Å². The molecule has 0 aromatic heterocycles. The van der Waals surface area contributed by atoms with Crippen LogP contribution in [0.2, 0.25) is 0 Å². The van der Waals surface area contributed by atoms with E-state index < -0.39 is 0 Å². The maximum atomic E-state index is 5.35. The zero-order chi connectivity index (χ0) is 10.7. The Bertz CT molecular complexity index is 336. The van der Waals surface area contributed by atoms with Gasteiger partial charge in [-0.05, 0) is 43.6 Å². The summed E-state index contributed by atoms with van der Waals surface area (Å²) in [5, 5.41) is 3.29. The van der Waals surface area contributed by atoms with Gasteiger partial charge in [0.25, 0.3) is 0 Å². The minimum absolute atomic E-state index is 0.834. The molecule has 15 heavy (non-hydrogen) atoms. The highest BCUT2D eigenvalue weighted by Gasteiger charge is 2.17. The summed E-state index contributed by atoms with van der Waals surface area (Å²) in [6.07, 6.45) is 0. The van der Waals surface area contributed by atoms with Crippen LogP contribution >= 0.6 is 11.8 Å². The quantitative estimate of drug-likeness (QED) is 0.792. The summed E-state index contributed by atoms with van der Waals surface area (Å²) >= 11 is 1.90. The topological polar surface area (TPSA) is 21.3 Å². The Hall–Kier alpha value is -0.670. The van der Waals surface area contributed by atoms with Gasteiger partial charge in [0.05, 0.1) is 7.11 Å². The van der Waals surface area contributed by atoms with E-state index in [1.807, 2.05) is 11.8 Å². The van der Waals surface area contributed by atoms with Crippen LogP contribution in [0.4, 0.5) is 0 Å². The third kappa shape index (κ3) is 2.67. The lowest BCUT2D eigenvalue weighted by molar-refractivity contribution is 0.384. The first-order valence-electron chi connectivity index (χ1n) is 5.28. The first-order valence-corrected chi connectivity index (χ1v) is 6.26. The summed E-state index contributed by atoms with van der Waals surface area (Å²) in [7, 11) is 1.74. The van der Waals surface area contributed by atoms with Crippen LogP contribution < -0.4 is 10.1 Å². The van der Waals surface area contributed by atoms with Gasteiger partial charge in [-0.25, -0.2) is 0 Å². The van der Waals surface area contributed by atoms with Gasteiger partial charge < -0.3 is 10.1 Å². The molecule has 0 aliphatic carbocycles. The molecule has 1 aliphatic rings. The summed E-state index contributed by atoms with van der Waals surface area (Å²) in [4.78, 5) is 1.27. The fraction of sp³-hybridized carbons (Fsp3) is 0.500. The van der Waals surface area contributed by atoms with Gasteiger partial charge >= 0.3 is 0 Å². The molecule has 2 rings (SSSR count). The van der Waals surface area contributed by atoms with Crippen molar-refractivity contribution in [3.63, 3.8) is 0 Å². The van der Waals surface area contributed by atoms with Gasteiger partial charge in [0.2, 0.25) is 0 Å². The van der Waals surface area contributed by atoms with Crippen molar-refractivity contribution in [3.05, 3.63) is 23.8 Å². The molecule has 1 heterocycles. The Morgan fingerprint density at radius 1 is 1.47 bits per heavy atom. The van der Waals surface area contributed by atoms with E-state index in [2.05, 4.69) is 30.4 Å². The van der Waals surface area contributed by atoms with E-state index in [1.54, 1.807) is 7.11 Å². The summed E-state index contributed by atoms with van der Waals surface area (Å²) in [6.45, 7) is 4.46. The molecule has 1 aliphatic heterocycles. The molecule has 1 aromatic rings. The van der Waals surface area contributed by atoms with Crippen molar-refractivity contribution >= 4 is 11.8 Å². The van der Waals surface area contributed by atoms with Gasteiger partial charge in [0, 0.05) is 10.6 Å². The SMILES string of the molecule is COc1ccc(C)cc1SCC1CNC1. The molecule has 2 nitrogen and oxygen atoms in total. The van der Waals surface area contributed by atoms with Gasteiger partial charge in [-0.15, -0.1) is 11.8 Å². The van der Waals surface area contributed by atoms with Gasteiger partial charge in [-0.1, -0.05) is 6.07 Å². The van der Waals surface area contributed by atoms with Crippen LogP contribution in [0.5, 0.6) is 5.75 Å². The largest absolute Gasteiger partial charge is 0.496 e. The minimum atomic E-state index is 0.834. The third-order valence-electron chi connectivity index (χ3n) is 2.66. The molecular formula is C12H17NOS. The smallest absolute Gasteiger partial charge is 0.132 e. The number of benzene rings is 1. The van der Waals surface area contributed by atoms with Crippen molar-refractivity contribution in [2.75, 3.05) is 26.0 Å². The number of ether oxygens (including phenoxy) is 1. The molecule has 0 bridgehead atoms. The molecule has 0 spiro atoms. The first-order chi connectivity index (χ1) is 7.29. The number of nitrogens with one attached hydrogen (secondary N) is 1. The molecular weight excluding hydrogens is 206 g/mol. The predicted octanol–water partition coefficient (Wildman–Crippen LogP) is 2.32. The number of rotatable bonds is 4. The average molecular weight is 223 g/mol. The second-order valence-corrected chi connectivity index (χ2v) is 5.05. The maximum Gasteiger partial charge on any atom is 0.132 e. The van der Waals surface area contributed by atoms with Crippen LogP contribution in [0, 0.1) is 12.8 Å². The molecule has 0 saturated carbocycles. The monoisotopic (exact) mass is 223 g/mol. The highest BCUT2D eigenvalue weighted by molar-refractivity contribution is 7.99. The van der Waals surface area contributed by atoms with E-state index in [1.165, 1.54) is 29.3 Å². The number of methoxy groups -OCH3 is 1. The van der Waals surface area contributed by atoms with Gasteiger partial charge in [-0.2, -0.15) is 0 Å². The van der Waals surface area contributed by atoms with Crippen molar-refractivity contribution < 1.29 is 4.74 Å². The fourth-order valence-electron chi connectivity index (χ4n) is 1.57. The molecule has 1 saturated heterocycles. The number of thioether (sulfide) groups is 1. The van der Waals surface area contributed by atoms with Crippen LogP contribution in [-0.4, -0.2) is 26.0 Å². The second-order valence-electron chi connectivity index (χ2n) is 3.99. The molecule has 1 aromatic carbocycles. The molecule has 0 radical (unpaired) electrons. The lowest BCUT2D eigenvalue weighted by Gasteiger charge is -2.26. The van der Waals surface area contributed by atoms with E-state index in [-0.39, 0.29) is 0 Å². The Kier molecular flexibility index (Phi) is 3.54. The molecule has 1 fully saturated rings. The van der Waals surface area contributed by atoms with E-state index in [9.17, 15) is 0 Å². The highest BCUT2D eigenvalue weighted by atomic mass is 32.2. The molecule has 82 valence electrons. The maximum absolute atomic E-state index is 5.35. The first kappa shape index (κ1) is 10.8. The van der Waals surface area contributed by atoms with Crippen molar-refractivity contribution in [1.29, 1.82) is 0 Å². The van der Waals surface area contributed by atoms with Crippen LogP contribution in [0.3, 0.4) is 0 Å². The number of aryl methyl sites for hydroxylation is 1. The van der Waals surface area contributed by atoms with Gasteiger partial charge in [0.1, 0.15) is 5.75 Å². The average Bonchev–Trinajstić information content (AvgIpc) is 2.16. The van der Waals surface area contributed by atoms with Crippen LogP contribution in [0.25, 0.3) is 0 Å². The Labute approximate surface area is 95.4 Å². The lowest BCUT2D eigenvalue weighted by Crippen LogP contribution is -2.43. The third-order valence-corrected chi connectivity index (χ3v) is 3.93. The number of hydrogen-bond donors (Lipinski definition) is 1. The molecule has 3 heteroatoms. The summed E-state index contributed by atoms with van der Waals surface area (Å²) in [5.74, 6) is 3.02. The van der Waals surface area contributed by atoms with Crippen molar-refractivity contribution in [2.24, 2.45) is 5.92 Å². The van der Waals surface area contributed by atoms with Crippen LogP contribution in [0.1, 0.15) is 5.56 Å². The predicted molar refractivity (Wildman–Crippen MR) is 64.8 cm³/mol. The van der Waals surface area contributed by atoms with Gasteiger partial charge in [0.15, 0.2) is 0 Å². The Morgan fingerprint density at radius 2 is 2.27 bits per heavy atom. The van der Waals surface area contributed by atoms with Crippen molar-refractivity contribution in [3.8, 4) is 5.75 Å². The number of hydrogen-bond acceptors (Lipinski definition) is 3. The Balaban J connectivity index is 2.00. The zero-order valence-corrected chi connectivity index (χ0v) is 10.1.